The molecule has 1 atom stereocenters. The van der Waals surface area contributed by atoms with E-state index in [0.29, 0.717) is 17.9 Å². The van der Waals surface area contributed by atoms with Gasteiger partial charge in [0.2, 0.25) is 0 Å². The molecule has 0 fully saturated rings. The van der Waals surface area contributed by atoms with E-state index in [1.54, 1.807) is 25.5 Å². The Labute approximate surface area is 97.8 Å². The predicted octanol–water partition coefficient (Wildman–Crippen LogP) is -0.293. The van der Waals surface area contributed by atoms with Crippen LogP contribution in [0.2, 0.25) is 0 Å². The third-order valence-corrected chi connectivity index (χ3v) is 2.43. The van der Waals surface area contributed by atoms with Gasteiger partial charge in [0.15, 0.2) is 0 Å². The highest BCUT2D eigenvalue weighted by molar-refractivity contribution is 5.84. The van der Waals surface area contributed by atoms with Crippen molar-refractivity contribution in [2.45, 2.75) is 19.4 Å². The zero-order valence-electron chi connectivity index (χ0n) is 9.42. The number of imidazole rings is 1. The lowest BCUT2D eigenvalue weighted by molar-refractivity contribution is 0.0860. The van der Waals surface area contributed by atoms with Crippen LogP contribution in [0.3, 0.4) is 0 Å². The average molecular weight is 234 g/mol. The third-order valence-electron chi connectivity index (χ3n) is 2.43. The minimum absolute atomic E-state index is 0.284. The maximum atomic E-state index is 12.0. The zero-order chi connectivity index (χ0) is 12.4. The lowest BCUT2D eigenvalue weighted by Gasteiger charge is -2.10. The lowest BCUT2D eigenvalue weighted by atomic mass is 10.1. The molecule has 0 amide bonds. The summed E-state index contributed by atoms with van der Waals surface area (Å²) >= 11 is 0. The zero-order valence-corrected chi connectivity index (χ0v) is 9.42. The smallest absolute Gasteiger partial charge is 0.264 e. The molecule has 7 heteroatoms. The summed E-state index contributed by atoms with van der Waals surface area (Å²) < 4.78 is 1.23. The van der Waals surface area contributed by atoms with Gasteiger partial charge in [0.05, 0.1) is 12.4 Å². The first-order valence-electron chi connectivity index (χ1n) is 5.17. The Morgan fingerprint density at radius 1 is 1.65 bits per heavy atom. The Morgan fingerprint density at radius 2 is 2.41 bits per heavy atom. The molecular weight excluding hydrogens is 220 g/mol. The van der Waals surface area contributed by atoms with Crippen LogP contribution in [0.5, 0.6) is 0 Å². The van der Waals surface area contributed by atoms with E-state index in [1.165, 1.54) is 4.68 Å². The van der Waals surface area contributed by atoms with Crippen molar-refractivity contribution in [2.75, 3.05) is 5.73 Å². The third kappa shape index (κ3) is 2.34. The van der Waals surface area contributed by atoms with Crippen molar-refractivity contribution in [1.29, 1.82) is 0 Å². The van der Waals surface area contributed by atoms with Gasteiger partial charge >= 0.3 is 0 Å². The number of rotatable bonds is 3. The molecule has 17 heavy (non-hydrogen) atoms. The molecule has 90 valence electrons. The number of aromatic amines is 1. The van der Waals surface area contributed by atoms with E-state index in [0.717, 1.165) is 5.69 Å². The van der Waals surface area contributed by atoms with E-state index in [1.807, 2.05) is 0 Å². The van der Waals surface area contributed by atoms with Crippen LogP contribution < -0.4 is 11.5 Å². The normalized spacial score (nSPS) is 12.6. The van der Waals surface area contributed by atoms with Crippen molar-refractivity contribution in [3.05, 3.63) is 30.0 Å². The second kappa shape index (κ2) is 4.38. The number of H-pyrrole nitrogens is 1. The van der Waals surface area contributed by atoms with Crippen LogP contribution >= 0.6 is 0 Å². The van der Waals surface area contributed by atoms with Crippen LogP contribution in [0.1, 0.15) is 16.2 Å². The number of nitrogens with two attached hydrogens (primary N) is 2. The first-order valence-corrected chi connectivity index (χ1v) is 5.17. The Balaban J connectivity index is 2.12. The van der Waals surface area contributed by atoms with Crippen LogP contribution in [0.25, 0.3) is 0 Å². The van der Waals surface area contributed by atoms with E-state index in [9.17, 15) is 4.79 Å². The fourth-order valence-corrected chi connectivity index (χ4v) is 1.60. The van der Waals surface area contributed by atoms with Crippen molar-refractivity contribution in [3.8, 4) is 0 Å². The molecule has 0 bridgehead atoms. The van der Waals surface area contributed by atoms with Crippen molar-refractivity contribution < 1.29 is 4.79 Å². The van der Waals surface area contributed by atoms with E-state index in [-0.39, 0.29) is 5.91 Å². The summed E-state index contributed by atoms with van der Waals surface area (Å²) in [6.45, 7) is 1.75. The number of hydrogen-bond acceptors (Lipinski definition) is 5. The number of aromatic nitrogens is 4. The SMILES string of the molecule is Cc1cc(N)nn1C(=O)[C@@H](N)Cc1cnc[nH]1. The van der Waals surface area contributed by atoms with Gasteiger partial charge < -0.3 is 16.5 Å². The number of nitrogens with zero attached hydrogens (tertiary/aromatic N) is 3. The number of carbonyl (C=O) groups is 1. The molecule has 0 spiro atoms. The topological polar surface area (TPSA) is 116 Å². The van der Waals surface area contributed by atoms with Gasteiger partial charge in [-0.05, 0) is 6.92 Å². The molecule has 0 saturated carbocycles. The summed E-state index contributed by atoms with van der Waals surface area (Å²) in [5.74, 6) is 0.0263. The summed E-state index contributed by atoms with van der Waals surface area (Å²) in [5, 5.41) is 3.90. The number of nitrogens with one attached hydrogen (secondary N) is 1. The molecule has 2 aromatic heterocycles. The van der Waals surface area contributed by atoms with Crippen LogP contribution in [0.4, 0.5) is 5.82 Å². The molecule has 7 nitrogen and oxygen atoms in total. The molecule has 0 saturated heterocycles. The van der Waals surface area contributed by atoms with Gasteiger partial charge in [0.25, 0.3) is 5.91 Å². The highest BCUT2D eigenvalue weighted by atomic mass is 16.2. The molecule has 2 heterocycles. The molecule has 2 rings (SSSR count). The minimum Gasteiger partial charge on any atom is -0.382 e. The van der Waals surface area contributed by atoms with Gasteiger partial charge in [-0.3, -0.25) is 4.79 Å². The minimum atomic E-state index is -0.673. The van der Waals surface area contributed by atoms with Crippen molar-refractivity contribution >= 4 is 11.7 Å². The molecule has 5 N–H and O–H groups in total. The highest BCUT2D eigenvalue weighted by Crippen LogP contribution is 2.06. The standard InChI is InChI=1S/C10H14N6O/c1-6-2-9(12)15-16(6)10(17)8(11)3-7-4-13-5-14-7/h2,4-5,8H,3,11H2,1H3,(H2,12,15)(H,13,14)/t8-/m0/s1. The Bertz CT molecular complexity index is 515. The Hall–Kier alpha value is -2.15. The maximum Gasteiger partial charge on any atom is 0.264 e. The van der Waals surface area contributed by atoms with Crippen LogP contribution in [-0.4, -0.2) is 31.7 Å². The van der Waals surface area contributed by atoms with Crippen LogP contribution in [0, 0.1) is 6.92 Å². The molecule has 0 radical (unpaired) electrons. The van der Waals surface area contributed by atoms with Gasteiger partial charge in [-0.2, -0.15) is 0 Å². The Kier molecular flexibility index (Phi) is 2.92. The molecule has 0 aliphatic heterocycles. The summed E-state index contributed by atoms with van der Waals surface area (Å²) in [7, 11) is 0. The number of carbonyl (C=O) groups excluding carboxylic acids is 1. The van der Waals surface area contributed by atoms with Gasteiger partial charge in [0, 0.05) is 30.1 Å². The number of aryl methyl sites for hydroxylation is 1. The quantitative estimate of drug-likeness (QED) is 0.674. The molecule has 0 aliphatic carbocycles. The molecule has 0 aromatic carbocycles. The van der Waals surface area contributed by atoms with E-state index in [4.69, 9.17) is 11.5 Å². The summed E-state index contributed by atoms with van der Waals surface area (Å²) in [6.07, 6.45) is 3.57. The monoisotopic (exact) mass is 234 g/mol. The number of anilines is 1. The van der Waals surface area contributed by atoms with Crippen molar-refractivity contribution in [2.24, 2.45) is 5.73 Å². The number of hydrogen-bond donors (Lipinski definition) is 3. The summed E-state index contributed by atoms with van der Waals surface area (Å²) in [4.78, 5) is 18.8. The maximum absolute atomic E-state index is 12.0. The fourth-order valence-electron chi connectivity index (χ4n) is 1.60. The Morgan fingerprint density at radius 3 is 2.94 bits per heavy atom. The first kappa shape index (κ1) is 11.3. The fraction of sp³-hybridized carbons (Fsp3) is 0.300. The van der Waals surface area contributed by atoms with Gasteiger partial charge in [-0.15, -0.1) is 5.10 Å². The van der Waals surface area contributed by atoms with Gasteiger partial charge in [0.1, 0.15) is 5.82 Å². The van der Waals surface area contributed by atoms with Crippen molar-refractivity contribution in [3.63, 3.8) is 0 Å². The van der Waals surface area contributed by atoms with Crippen molar-refractivity contribution in [1.82, 2.24) is 19.7 Å². The van der Waals surface area contributed by atoms with Crippen LogP contribution in [0.15, 0.2) is 18.6 Å². The highest BCUT2D eigenvalue weighted by Gasteiger charge is 2.19. The second-order valence-electron chi connectivity index (χ2n) is 3.85. The van der Waals surface area contributed by atoms with Gasteiger partial charge in [-0.1, -0.05) is 0 Å². The predicted molar refractivity (Wildman–Crippen MR) is 62.3 cm³/mol. The molecule has 2 aromatic rings. The summed E-state index contributed by atoms with van der Waals surface area (Å²) in [6, 6.07) is 0.953. The van der Waals surface area contributed by atoms with Crippen LogP contribution in [-0.2, 0) is 6.42 Å². The average Bonchev–Trinajstić information content (AvgIpc) is 2.87. The van der Waals surface area contributed by atoms with E-state index < -0.39 is 6.04 Å². The lowest BCUT2D eigenvalue weighted by Crippen LogP contribution is -2.37. The summed E-state index contributed by atoms with van der Waals surface area (Å²) in [5.41, 5.74) is 12.8. The van der Waals surface area contributed by atoms with E-state index >= 15 is 0 Å². The second-order valence-corrected chi connectivity index (χ2v) is 3.85. The molecule has 0 aliphatic rings. The van der Waals surface area contributed by atoms with Gasteiger partial charge in [-0.25, -0.2) is 9.67 Å². The first-order chi connectivity index (χ1) is 8.08. The van der Waals surface area contributed by atoms with E-state index in [2.05, 4.69) is 15.1 Å². The molecular formula is C10H14N6O. The molecule has 0 unspecified atom stereocenters. The number of nitrogen functional groups attached to an aromatic ring is 1. The largest absolute Gasteiger partial charge is 0.382 e.